The number of rotatable bonds is 8. The van der Waals surface area contributed by atoms with Crippen LogP contribution in [0.4, 0.5) is 4.39 Å². The normalized spacial score (nSPS) is 14.5. The van der Waals surface area contributed by atoms with Crippen LogP contribution in [0.25, 0.3) is 5.69 Å². The molecule has 1 amide bonds. The summed E-state index contributed by atoms with van der Waals surface area (Å²) >= 11 is 1.36. The van der Waals surface area contributed by atoms with E-state index in [1.807, 2.05) is 40.9 Å². The summed E-state index contributed by atoms with van der Waals surface area (Å²) in [5.41, 5.74) is 3.21. The molecule has 0 spiro atoms. The highest BCUT2D eigenvalue weighted by molar-refractivity contribution is 7.99. The van der Waals surface area contributed by atoms with Gasteiger partial charge in [-0.15, -0.1) is 10.2 Å². The van der Waals surface area contributed by atoms with Crippen molar-refractivity contribution >= 4 is 23.5 Å². The second-order valence-electron chi connectivity index (χ2n) is 8.58. The van der Waals surface area contributed by atoms with E-state index in [-0.39, 0.29) is 23.3 Å². The zero-order chi connectivity index (χ0) is 24.2. The molecule has 34 heavy (non-hydrogen) atoms. The molecule has 9 heteroatoms. The van der Waals surface area contributed by atoms with Crippen LogP contribution < -0.4 is 0 Å². The number of nitrogens with zero attached hydrogens (tertiary/aromatic N) is 5. The molecule has 0 unspecified atom stereocenters. The number of benzene rings is 1. The summed E-state index contributed by atoms with van der Waals surface area (Å²) < 4.78 is 17.3. The first-order valence-corrected chi connectivity index (χ1v) is 12.7. The fourth-order valence-corrected chi connectivity index (χ4v) is 5.38. The summed E-state index contributed by atoms with van der Waals surface area (Å²) in [5, 5.41) is 9.33. The Morgan fingerprint density at radius 1 is 1.12 bits per heavy atom. The van der Waals surface area contributed by atoms with E-state index in [0.29, 0.717) is 30.2 Å². The van der Waals surface area contributed by atoms with E-state index in [1.165, 1.54) is 23.9 Å². The number of amides is 1. The van der Waals surface area contributed by atoms with Crippen molar-refractivity contribution in [2.75, 3.05) is 12.3 Å². The van der Waals surface area contributed by atoms with Gasteiger partial charge in [0.2, 0.25) is 5.91 Å². The molecule has 7 nitrogen and oxygen atoms in total. The van der Waals surface area contributed by atoms with Gasteiger partial charge in [-0.05, 0) is 63.9 Å². The largest absolute Gasteiger partial charge is 0.335 e. The first-order valence-electron chi connectivity index (χ1n) is 11.7. The molecule has 0 atom stereocenters. The summed E-state index contributed by atoms with van der Waals surface area (Å²) in [6.45, 7) is 7.72. The quantitative estimate of drug-likeness (QED) is 0.342. The Balaban J connectivity index is 1.47. The van der Waals surface area contributed by atoms with Crippen molar-refractivity contribution in [3.05, 3.63) is 58.9 Å². The zero-order valence-electron chi connectivity index (χ0n) is 19.9. The average molecular weight is 484 g/mol. The van der Waals surface area contributed by atoms with Gasteiger partial charge in [0.1, 0.15) is 5.82 Å². The van der Waals surface area contributed by atoms with Crippen molar-refractivity contribution in [3.8, 4) is 5.69 Å². The molecule has 0 radical (unpaired) electrons. The average Bonchev–Trinajstić information content (AvgIpc) is 3.27. The molecule has 0 N–H and O–H groups in total. The maximum atomic E-state index is 13.3. The Kier molecular flexibility index (Phi) is 7.50. The minimum atomic E-state index is -0.293. The Labute approximate surface area is 203 Å². The monoisotopic (exact) mass is 483 g/mol. The predicted molar refractivity (Wildman–Crippen MR) is 130 cm³/mol. The van der Waals surface area contributed by atoms with Gasteiger partial charge < -0.3 is 14.0 Å². The third-order valence-corrected chi connectivity index (χ3v) is 7.23. The summed E-state index contributed by atoms with van der Waals surface area (Å²) in [6.07, 6.45) is 3.62. The standard InChI is InChI=1S/C25H30FN5O2S/c1-4-30-23(15-29-13-7-5-6-8-24(29)33)27-28-25(30)34-16-22(32)21-14-17(2)31(18(21)3)20-11-9-19(26)10-12-20/h9-12,14H,4-8,13,15-16H2,1-3H3. The van der Waals surface area contributed by atoms with E-state index in [0.717, 1.165) is 48.7 Å². The highest BCUT2D eigenvalue weighted by Gasteiger charge is 2.22. The molecule has 0 aliphatic carbocycles. The van der Waals surface area contributed by atoms with Crippen LogP contribution in [0, 0.1) is 19.7 Å². The first-order chi connectivity index (χ1) is 16.4. The number of hydrogen-bond acceptors (Lipinski definition) is 5. The van der Waals surface area contributed by atoms with Gasteiger partial charge in [0.15, 0.2) is 16.8 Å². The number of halogens is 1. The number of hydrogen-bond donors (Lipinski definition) is 0. The van der Waals surface area contributed by atoms with Gasteiger partial charge in [-0.1, -0.05) is 18.2 Å². The zero-order valence-corrected chi connectivity index (χ0v) is 20.7. The SMILES string of the molecule is CCn1c(CN2CCCCCC2=O)nnc1SCC(=O)c1cc(C)n(-c2ccc(F)cc2)c1C. The fourth-order valence-electron chi connectivity index (χ4n) is 4.48. The number of likely N-dealkylation sites (tertiary alicyclic amines) is 1. The lowest BCUT2D eigenvalue weighted by Gasteiger charge is -2.20. The van der Waals surface area contributed by atoms with E-state index in [9.17, 15) is 14.0 Å². The molecular weight excluding hydrogens is 453 g/mol. The number of carbonyl (C=O) groups excluding carboxylic acids is 2. The Bertz CT molecular complexity index is 1180. The smallest absolute Gasteiger partial charge is 0.222 e. The van der Waals surface area contributed by atoms with E-state index in [4.69, 9.17) is 0 Å². The minimum absolute atomic E-state index is 0.00126. The molecule has 1 aliphatic rings. The van der Waals surface area contributed by atoms with Crippen molar-refractivity contribution in [1.82, 2.24) is 24.2 Å². The van der Waals surface area contributed by atoms with Gasteiger partial charge in [-0.3, -0.25) is 9.59 Å². The molecule has 180 valence electrons. The van der Waals surface area contributed by atoms with Crippen LogP contribution in [0.5, 0.6) is 0 Å². The first kappa shape index (κ1) is 24.2. The van der Waals surface area contributed by atoms with Crippen molar-refractivity contribution in [2.45, 2.75) is 64.7 Å². The Morgan fingerprint density at radius 2 is 1.88 bits per heavy atom. The summed E-state index contributed by atoms with van der Waals surface area (Å²) in [5.74, 6) is 0.861. The van der Waals surface area contributed by atoms with E-state index in [1.54, 1.807) is 12.1 Å². The van der Waals surface area contributed by atoms with Crippen molar-refractivity contribution in [2.24, 2.45) is 0 Å². The molecular formula is C25H30FN5O2S. The van der Waals surface area contributed by atoms with Crippen molar-refractivity contribution in [1.29, 1.82) is 0 Å². The molecule has 3 aromatic rings. The molecule has 0 saturated carbocycles. The van der Waals surface area contributed by atoms with Crippen LogP contribution in [0.2, 0.25) is 0 Å². The lowest BCUT2D eigenvalue weighted by Crippen LogP contribution is -2.31. The second-order valence-corrected chi connectivity index (χ2v) is 9.52. The molecule has 4 rings (SSSR count). The highest BCUT2D eigenvalue weighted by atomic mass is 32.2. The molecule has 0 bridgehead atoms. The molecule has 3 heterocycles. The summed E-state index contributed by atoms with van der Waals surface area (Å²) in [4.78, 5) is 27.3. The number of aromatic nitrogens is 4. The number of Topliss-reactive ketones (excluding diaryl/α,β-unsaturated/α-hetero) is 1. The Hall–Kier alpha value is -2.94. The predicted octanol–water partition coefficient (Wildman–Crippen LogP) is 4.72. The third kappa shape index (κ3) is 5.09. The number of thioether (sulfide) groups is 1. The van der Waals surface area contributed by atoms with Crippen molar-refractivity contribution in [3.63, 3.8) is 0 Å². The topological polar surface area (TPSA) is 73.0 Å². The molecule has 1 aliphatic heterocycles. The van der Waals surface area contributed by atoms with Crippen LogP contribution in [0.3, 0.4) is 0 Å². The van der Waals surface area contributed by atoms with Crippen LogP contribution in [0.15, 0.2) is 35.5 Å². The fraction of sp³-hybridized carbons (Fsp3) is 0.440. The van der Waals surface area contributed by atoms with Gasteiger partial charge in [0.25, 0.3) is 0 Å². The third-order valence-electron chi connectivity index (χ3n) is 6.26. The highest BCUT2D eigenvalue weighted by Crippen LogP contribution is 2.25. The molecule has 1 fully saturated rings. The van der Waals surface area contributed by atoms with Gasteiger partial charge in [0, 0.05) is 42.1 Å². The number of ketones is 1. The van der Waals surface area contributed by atoms with Crippen LogP contribution in [-0.4, -0.2) is 48.2 Å². The van der Waals surface area contributed by atoms with Crippen LogP contribution in [-0.2, 0) is 17.9 Å². The van der Waals surface area contributed by atoms with Crippen LogP contribution >= 0.6 is 11.8 Å². The van der Waals surface area contributed by atoms with Gasteiger partial charge in [0.05, 0.1) is 12.3 Å². The van der Waals surface area contributed by atoms with E-state index >= 15 is 0 Å². The van der Waals surface area contributed by atoms with Gasteiger partial charge in [-0.25, -0.2) is 4.39 Å². The van der Waals surface area contributed by atoms with E-state index < -0.39 is 0 Å². The van der Waals surface area contributed by atoms with Crippen molar-refractivity contribution < 1.29 is 14.0 Å². The van der Waals surface area contributed by atoms with Gasteiger partial charge >= 0.3 is 0 Å². The molecule has 1 saturated heterocycles. The molecule has 2 aromatic heterocycles. The summed E-state index contributed by atoms with van der Waals surface area (Å²) in [6, 6.07) is 8.12. The second kappa shape index (κ2) is 10.5. The number of carbonyl (C=O) groups is 2. The van der Waals surface area contributed by atoms with Gasteiger partial charge in [-0.2, -0.15) is 0 Å². The summed E-state index contributed by atoms with van der Waals surface area (Å²) in [7, 11) is 0. The Morgan fingerprint density at radius 3 is 2.62 bits per heavy atom. The van der Waals surface area contributed by atoms with E-state index in [2.05, 4.69) is 10.2 Å². The number of aryl methyl sites for hydroxylation is 1. The maximum Gasteiger partial charge on any atom is 0.222 e. The van der Waals surface area contributed by atoms with Crippen LogP contribution in [0.1, 0.15) is 60.2 Å². The molecule has 1 aromatic carbocycles. The lowest BCUT2D eigenvalue weighted by molar-refractivity contribution is -0.131. The minimum Gasteiger partial charge on any atom is -0.335 e. The maximum absolute atomic E-state index is 13.3. The lowest BCUT2D eigenvalue weighted by atomic mass is 10.2.